The lowest BCUT2D eigenvalue weighted by Crippen LogP contribution is -2.45. The van der Waals surface area contributed by atoms with Gasteiger partial charge in [-0.3, -0.25) is 9.59 Å². The first-order valence-corrected chi connectivity index (χ1v) is 6.77. The van der Waals surface area contributed by atoms with Gasteiger partial charge in [-0.15, -0.1) is 0 Å². The second-order valence-corrected chi connectivity index (χ2v) is 4.99. The Kier molecular flexibility index (Phi) is 4.72. The molecule has 0 aliphatic rings. The molecule has 1 atom stereocenters. The zero-order chi connectivity index (χ0) is 15.2. The molecule has 4 nitrogen and oxygen atoms in total. The van der Waals surface area contributed by atoms with Gasteiger partial charge in [0.15, 0.2) is 0 Å². The van der Waals surface area contributed by atoms with E-state index in [1.807, 2.05) is 43.3 Å². The van der Waals surface area contributed by atoms with Crippen molar-refractivity contribution in [1.29, 1.82) is 0 Å². The molecule has 1 unspecified atom stereocenters. The average Bonchev–Trinajstić information content (AvgIpc) is 2.47. The van der Waals surface area contributed by atoms with Gasteiger partial charge in [-0.05, 0) is 24.6 Å². The maximum atomic E-state index is 12.2. The Morgan fingerprint density at radius 2 is 1.81 bits per heavy atom. The number of benzene rings is 2. The van der Waals surface area contributed by atoms with Crippen LogP contribution in [0.2, 0.25) is 0 Å². The van der Waals surface area contributed by atoms with Gasteiger partial charge in [-0.2, -0.15) is 0 Å². The summed E-state index contributed by atoms with van der Waals surface area (Å²) < 4.78 is 0. The van der Waals surface area contributed by atoms with Crippen molar-refractivity contribution < 1.29 is 9.59 Å². The second-order valence-electron chi connectivity index (χ2n) is 4.99. The molecule has 0 fully saturated rings. The molecule has 2 aromatic rings. The fourth-order valence-electron chi connectivity index (χ4n) is 2.10. The third-order valence-electron chi connectivity index (χ3n) is 3.21. The number of primary amides is 1. The predicted molar refractivity (Wildman–Crippen MR) is 81.8 cm³/mol. The minimum absolute atomic E-state index is 0.293. The Balaban J connectivity index is 2.10. The van der Waals surface area contributed by atoms with Crippen molar-refractivity contribution in [3.63, 3.8) is 0 Å². The molecule has 0 aliphatic carbocycles. The van der Waals surface area contributed by atoms with Crippen LogP contribution < -0.4 is 11.1 Å². The van der Waals surface area contributed by atoms with E-state index in [2.05, 4.69) is 5.32 Å². The zero-order valence-electron chi connectivity index (χ0n) is 11.9. The molecule has 2 rings (SSSR count). The fourth-order valence-corrected chi connectivity index (χ4v) is 2.10. The first-order chi connectivity index (χ1) is 10.1. The maximum Gasteiger partial charge on any atom is 0.251 e. The van der Waals surface area contributed by atoms with E-state index in [9.17, 15) is 9.59 Å². The Bertz CT molecular complexity index is 638. The Morgan fingerprint density at radius 3 is 2.43 bits per heavy atom. The molecule has 108 valence electrons. The Hall–Kier alpha value is -2.62. The molecule has 2 aromatic carbocycles. The molecular formula is C17H18N2O2. The van der Waals surface area contributed by atoms with Crippen molar-refractivity contribution >= 4 is 11.8 Å². The minimum atomic E-state index is -0.722. The van der Waals surface area contributed by atoms with Crippen molar-refractivity contribution in [1.82, 2.24) is 5.32 Å². The van der Waals surface area contributed by atoms with Crippen LogP contribution in [0.4, 0.5) is 0 Å². The monoisotopic (exact) mass is 282 g/mol. The number of hydrogen-bond donors (Lipinski definition) is 2. The number of aryl methyl sites for hydroxylation is 1. The molecular weight excluding hydrogens is 264 g/mol. The van der Waals surface area contributed by atoms with Gasteiger partial charge in [-0.25, -0.2) is 0 Å². The predicted octanol–water partition coefficient (Wildman–Crippen LogP) is 1.82. The summed E-state index contributed by atoms with van der Waals surface area (Å²) in [6, 6.07) is 15.9. The highest BCUT2D eigenvalue weighted by Gasteiger charge is 2.19. The normalized spacial score (nSPS) is 11.7. The summed E-state index contributed by atoms with van der Waals surface area (Å²) in [4.78, 5) is 23.7. The SMILES string of the molecule is Cc1cccc(C(=O)NC(Cc2ccccc2)C(N)=O)c1. The summed E-state index contributed by atoms with van der Waals surface area (Å²) in [5.41, 5.74) is 7.85. The van der Waals surface area contributed by atoms with Gasteiger partial charge in [0.05, 0.1) is 0 Å². The van der Waals surface area contributed by atoms with E-state index >= 15 is 0 Å². The van der Waals surface area contributed by atoms with Crippen molar-refractivity contribution in [3.8, 4) is 0 Å². The summed E-state index contributed by atoms with van der Waals surface area (Å²) in [6.07, 6.45) is 0.383. The molecule has 4 heteroatoms. The van der Waals surface area contributed by atoms with Crippen LogP contribution in [0.15, 0.2) is 54.6 Å². The van der Waals surface area contributed by atoms with E-state index in [-0.39, 0.29) is 5.91 Å². The number of hydrogen-bond acceptors (Lipinski definition) is 2. The van der Waals surface area contributed by atoms with Crippen LogP contribution in [0.5, 0.6) is 0 Å². The van der Waals surface area contributed by atoms with E-state index < -0.39 is 11.9 Å². The van der Waals surface area contributed by atoms with Crippen LogP contribution in [0.25, 0.3) is 0 Å². The molecule has 0 aliphatic heterocycles. The summed E-state index contributed by atoms with van der Waals surface area (Å²) in [5, 5.41) is 2.69. The first-order valence-electron chi connectivity index (χ1n) is 6.77. The van der Waals surface area contributed by atoms with Crippen molar-refractivity contribution in [2.75, 3.05) is 0 Å². The Morgan fingerprint density at radius 1 is 1.10 bits per heavy atom. The molecule has 0 saturated carbocycles. The molecule has 0 bridgehead atoms. The highest BCUT2D eigenvalue weighted by atomic mass is 16.2. The minimum Gasteiger partial charge on any atom is -0.368 e. The quantitative estimate of drug-likeness (QED) is 0.878. The number of nitrogens with two attached hydrogens (primary N) is 1. The number of nitrogens with one attached hydrogen (secondary N) is 1. The number of rotatable bonds is 5. The summed E-state index contributed by atoms with van der Waals surface area (Å²) in [7, 11) is 0. The van der Waals surface area contributed by atoms with Gasteiger partial charge in [0.25, 0.3) is 5.91 Å². The third kappa shape index (κ3) is 4.18. The molecule has 21 heavy (non-hydrogen) atoms. The van der Waals surface area contributed by atoms with Crippen LogP contribution in [-0.2, 0) is 11.2 Å². The van der Waals surface area contributed by atoms with Crippen LogP contribution in [-0.4, -0.2) is 17.9 Å². The van der Waals surface area contributed by atoms with Crippen molar-refractivity contribution in [2.24, 2.45) is 5.73 Å². The van der Waals surface area contributed by atoms with E-state index in [1.54, 1.807) is 18.2 Å². The third-order valence-corrected chi connectivity index (χ3v) is 3.21. The molecule has 3 N–H and O–H groups in total. The van der Waals surface area contributed by atoms with E-state index in [0.29, 0.717) is 12.0 Å². The van der Waals surface area contributed by atoms with Gasteiger partial charge in [0.2, 0.25) is 5.91 Å². The molecule has 0 saturated heterocycles. The summed E-state index contributed by atoms with van der Waals surface area (Å²) >= 11 is 0. The van der Waals surface area contributed by atoms with Gasteiger partial charge >= 0.3 is 0 Å². The first kappa shape index (κ1) is 14.8. The highest BCUT2D eigenvalue weighted by Crippen LogP contribution is 2.07. The molecule has 0 radical (unpaired) electrons. The maximum absolute atomic E-state index is 12.2. The zero-order valence-corrected chi connectivity index (χ0v) is 11.9. The van der Waals surface area contributed by atoms with Gasteiger partial charge in [0, 0.05) is 12.0 Å². The molecule has 0 aromatic heterocycles. The topological polar surface area (TPSA) is 72.2 Å². The van der Waals surface area contributed by atoms with Crippen LogP contribution >= 0.6 is 0 Å². The van der Waals surface area contributed by atoms with Crippen molar-refractivity contribution in [2.45, 2.75) is 19.4 Å². The number of amides is 2. The lowest BCUT2D eigenvalue weighted by molar-refractivity contribution is -0.119. The van der Waals surface area contributed by atoms with Crippen LogP contribution in [0, 0.1) is 6.92 Å². The lowest BCUT2D eigenvalue weighted by Gasteiger charge is -2.15. The van der Waals surface area contributed by atoms with Crippen molar-refractivity contribution in [3.05, 3.63) is 71.3 Å². The smallest absolute Gasteiger partial charge is 0.251 e. The highest BCUT2D eigenvalue weighted by molar-refractivity contribution is 5.97. The average molecular weight is 282 g/mol. The molecule has 2 amide bonds. The van der Waals surface area contributed by atoms with Gasteiger partial charge in [0.1, 0.15) is 6.04 Å². The second kappa shape index (κ2) is 6.70. The number of carbonyl (C=O) groups excluding carboxylic acids is 2. The van der Waals surface area contributed by atoms with E-state index in [4.69, 9.17) is 5.73 Å². The number of carbonyl (C=O) groups is 2. The summed E-state index contributed by atoms with van der Waals surface area (Å²) in [6.45, 7) is 1.91. The summed E-state index contributed by atoms with van der Waals surface area (Å²) in [5.74, 6) is -0.835. The standard InChI is InChI=1S/C17H18N2O2/c1-12-6-5-9-14(10-12)17(21)19-15(16(18)20)11-13-7-3-2-4-8-13/h2-10,15H,11H2,1H3,(H2,18,20)(H,19,21). The van der Waals surface area contributed by atoms with Crippen LogP contribution in [0.1, 0.15) is 21.5 Å². The van der Waals surface area contributed by atoms with Gasteiger partial charge < -0.3 is 11.1 Å². The molecule has 0 heterocycles. The van der Waals surface area contributed by atoms with Crippen LogP contribution in [0.3, 0.4) is 0 Å². The fraction of sp³-hybridized carbons (Fsp3) is 0.176. The largest absolute Gasteiger partial charge is 0.368 e. The van der Waals surface area contributed by atoms with Gasteiger partial charge in [-0.1, -0.05) is 48.0 Å². The molecule has 0 spiro atoms. The van der Waals surface area contributed by atoms with E-state index in [0.717, 1.165) is 11.1 Å². The lowest BCUT2D eigenvalue weighted by atomic mass is 10.0. The van der Waals surface area contributed by atoms with E-state index in [1.165, 1.54) is 0 Å². The Labute approximate surface area is 124 Å².